The molecule has 0 radical (unpaired) electrons. The summed E-state index contributed by atoms with van der Waals surface area (Å²) >= 11 is 0. The number of carboxylic acid groups (broad SMARTS) is 2. The fourth-order valence-corrected chi connectivity index (χ4v) is 3.63. The van der Waals surface area contributed by atoms with Gasteiger partial charge >= 0.3 is 24.5 Å². The van der Waals surface area contributed by atoms with Gasteiger partial charge in [0.25, 0.3) is 5.91 Å². The number of carbonyl (C=O) groups is 3. The molecule has 3 heterocycles. The Kier molecular flexibility index (Phi) is 8.69. The number of nitrogens with zero attached hydrogens (tertiary/aromatic N) is 2. The Balaban J connectivity index is 0.000000587. The molecule has 0 bridgehead atoms. The third-order valence-corrected chi connectivity index (χ3v) is 5.37. The third-order valence-electron chi connectivity index (χ3n) is 5.37. The van der Waals surface area contributed by atoms with Gasteiger partial charge in [0.1, 0.15) is 22.7 Å². The smallest absolute Gasteiger partial charge is 0.491 e. The van der Waals surface area contributed by atoms with E-state index in [0.29, 0.717) is 5.75 Å². The maximum absolute atomic E-state index is 14.6. The first kappa shape index (κ1) is 30.6. The highest BCUT2D eigenvalue weighted by molar-refractivity contribution is 5.95. The molecule has 3 N–H and O–H groups in total. The molecule has 0 fully saturated rings. The average molecular weight is 591 g/mol. The summed E-state index contributed by atoms with van der Waals surface area (Å²) in [5.74, 6) is -6.75. The van der Waals surface area contributed by atoms with Gasteiger partial charge in [-0.3, -0.25) is 9.78 Å². The lowest BCUT2D eigenvalue weighted by Crippen LogP contribution is -2.50. The second-order valence-electron chi connectivity index (χ2n) is 8.04. The number of aliphatic carboxylic acids is 1. The highest BCUT2D eigenvalue weighted by atomic mass is 19.4. The lowest BCUT2D eigenvalue weighted by Gasteiger charge is -2.39. The molecule has 0 aliphatic carbocycles. The van der Waals surface area contributed by atoms with E-state index in [4.69, 9.17) is 19.7 Å². The SMILES string of the molecule is O=C(N[C@]1(c2ccc(OC(F)(F)F)c(F)c2)CCOc2cccnc21)c1ccc(C(=O)O)nc1.O=C(O)C(F)(F)F. The quantitative estimate of drug-likeness (QED) is 0.370. The molecule has 41 heavy (non-hydrogen) atoms. The van der Waals surface area contributed by atoms with Gasteiger partial charge in [-0.15, -0.1) is 13.2 Å². The van der Waals surface area contributed by atoms with Crippen molar-refractivity contribution in [2.75, 3.05) is 6.61 Å². The largest absolute Gasteiger partial charge is 0.573 e. The lowest BCUT2D eigenvalue weighted by atomic mass is 9.81. The molecular formula is C24H16F7N3O7. The maximum atomic E-state index is 14.6. The molecule has 1 aliphatic rings. The van der Waals surface area contributed by atoms with Crippen molar-refractivity contribution < 1.29 is 64.8 Å². The Hall–Kier alpha value is -4.96. The molecule has 218 valence electrons. The van der Waals surface area contributed by atoms with Gasteiger partial charge in [0.2, 0.25) is 0 Å². The summed E-state index contributed by atoms with van der Waals surface area (Å²) < 4.78 is 93.3. The predicted molar refractivity (Wildman–Crippen MR) is 121 cm³/mol. The summed E-state index contributed by atoms with van der Waals surface area (Å²) in [6, 6.07) is 8.40. The Morgan fingerprint density at radius 1 is 1.00 bits per heavy atom. The van der Waals surface area contributed by atoms with E-state index in [1.807, 2.05) is 0 Å². The zero-order chi connectivity index (χ0) is 30.6. The van der Waals surface area contributed by atoms with Gasteiger partial charge in [-0.2, -0.15) is 13.2 Å². The molecule has 1 aromatic carbocycles. The molecular weight excluding hydrogens is 575 g/mol. The van der Waals surface area contributed by atoms with Crippen molar-refractivity contribution in [2.24, 2.45) is 0 Å². The molecule has 0 saturated heterocycles. The normalized spacial score (nSPS) is 16.3. The van der Waals surface area contributed by atoms with Gasteiger partial charge in [0.15, 0.2) is 11.6 Å². The highest BCUT2D eigenvalue weighted by Gasteiger charge is 2.43. The monoisotopic (exact) mass is 591 g/mol. The van der Waals surface area contributed by atoms with Crippen LogP contribution in [0.2, 0.25) is 0 Å². The van der Waals surface area contributed by atoms with Crippen LogP contribution in [0.1, 0.15) is 38.5 Å². The molecule has 0 saturated carbocycles. The molecule has 1 atom stereocenters. The van der Waals surface area contributed by atoms with E-state index in [1.165, 1.54) is 18.3 Å². The summed E-state index contributed by atoms with van der Waals surface area (Å²) in [6.45, 7) is 0.0809. The lowest BCUT2D eigenvalue weighted by molar-refractivity contribution is -0.275. The number of halogens is 7. The van der Waals surface area contributed by atoms with E-state index in [9.17, 15) is 40.3 Å². The minimum absolute atomic E-state index is 0.00541. The van der Waals surface area contributed by atoms with Crippen LogP contribution in [-0.4, -0.2) is 57.2 Å². The molecule has 3 aromatic rings. The fraction of sp³-hybridized carbons (Fsp3) is 0.208. The number of hydrogen-bond donors (Lipinski definition) is 3. The molecule has 0 unspecified atom stereocenters. The number of aromatic carboxylic acids is 1. The number of carbonyl (C=O) groups excluding carboxylic acids is 1. The molecule has 1 aliphatic heterocycles. The minimum Gasteiger partial charge on any atom is -0.491 e. The topological polar surface area (TPSA) is 148 Å². The molecule has 10 nitrogen and oxygen atoms in total. The van der Waals surface area contributed by atoms with Crippen molar-refractivity contribution in [3.8, 4) is 11.5 Å². The molecule has 17 heteroatoms. The van der Waals surface area contributed by atoms with E-state index >= 15 is 0 Å². The second kappa shape index (κ2) is 11.6. The Labute approximate surface area is 224 Å². The Morgan fingerprint density at radius 3 is 2.22 bits per heavy atom. The first-order valence-electron chi connectivity index (χ1n) is 11.0. The number of alkyl halides is 6. The molecule has 2 aromatic heterocycles. The number of benzene rings is 1. The molecule has 4 rings (SSSR count). The first-order valence-corrected chi connectivity index (χ1v) is 11.0. The van der Waals surface area contributed by atoms with Gasteiger partial charge in [-0.25, -0.2) is 19.0 Å². The van der Waals surface area contributed by atoms with Crippen LogP contribution in [0, 0.1) is 5.82 Å². The molecule has 0 spiro atoms. The van der Waals surface area contributed by atoms with Crippen molar-refractivity contribution in [2.45, 2.75) is 24.5 Å². The number of pyridine rings is 2. The van der Waals surface area contributed by atoms with Gasteiger partial charge in [0, 0.05) is 18.8 Å². The first-order chi connectivity index (χ1) is 19.0. The number of aromatic nitrogens is 2. The van der Waals surface area contributed by atoms with Crippen LogP contribution in [0.15, 0.2) is 54.9 Å². The number of nitrogens with one attached hydrogen (secondary N) is 1. The van der Waals surface area contributed by atoms with Crippen molar-refractivity contribution >= 4 is 17.8 Å². The number of ether oxygens (including phenoxy) is 2. The predicted octanol–water partition coefficient (Wildman–Crippen LogP) is 4.30. The van der Waals surface area contributed by atoms with Crippen LogP contribution in [0.25, 0.3) is 0 Å². The molecule has 1 amide bonds. The number of fused-ring (bicyclic) bond motifs is 1. The van der Waals surface area contributed by atoms with Gasteiger partial charge in [-0.05, 0) is 42.0 Å². The van der Waals surface area contributed by atoms with Crippen LogP contribution in [0.5, 0.6) is 11.5 Å². The van der Waals surface area contributed by atoms with Crippen LogP contribution in [-0.2, 0) is 10.3 Å². The van der Waals surface area contributed by atoms with Crippen molar-refractivity contribution in [3.63, 3.8) is 0 Å². The standard InChI is InChI=1S/C22H15F4N3O5.C2HF3O2/c23-14-10-13(4-6-16(14)34-22(24,25)26)21(7-9-33-17-2-1-8-27-18(17)21)29-19(30)12-3-5-15(20(31)32)28-11-12;3-2(4,5)1(6)7/h1-6,8,10-11H,7,9H2,(H,29,30)(H,31,32);(H,6,7)/t21-;/m0./s1. The maximum Gasteiger partial charge on any atom is 0.573 e. The number of amides is 1. The summed E-state index contributed by atoms with van der Waals surface area (Å²) in [7, 11) is 0. The number of carboxylic acids is 2. The van der Waals surface area contributed by atoms with Crippen LogP contribution in [0.4, 0.5) is 30.7 Å². The second-order valence-corrected chi connectivity index (χ2v) is 8.04. The summed E-state index contributed by atoms with van der Waals surface area (Å²) in [6.07, 6.45) is -7.61. The fourth-order valence-electron chi connectivity index (χ4n) is 3.63. The zero-order valence-electron chi connectivity index (χ0n) is 20.1. The minimum atomic E-state index is -5.09. The Bertz CT molecular complexity index is 1450. The van der Waals surface area contributed by atoms with E-state index in [2.05, 4.69) is 20.0 Å². The van der Waals surface area contributed by atoms with Crippen LogP contribution < -0.4 is 14.8 Å². The highest BCUT2D eigenvalue weighted by Crippen LogP contribution is 2.42. The van der Waals surface area contributed by atoms with E-state index in [-0.39, 0.29) is 35.5 Å². The van der Waals surface area contributed by atoms with E-state index in [0.717, 1.165) is 24.4 Å². The number of hydrogen-bond acceptors (Lipinski definition) is 7. The zero-order valence-corrected chi connectivity index (χ0v) is 20.1. The van der Waals surface area contributed by atoms with Crippen molar-refractivity contribution in [1.29, 1.82) is 0 Å². The number of rotatable bonds is 5. The van der Waals surface area contributed by atoms with Crippen molar-refractivity contribution in [1.82, 2.24) is 15.3 Å². The van der Waals surface area contributed by atoms with E-state index < -0.39 is 47.5 Å². The van der Waals surface area contributed by atoms with Crippen molar-refractivity contribution in [3.05, 3.63) is 83.2 Å². The summed E-state index contributed by atoms with van der Waals surface area (Å²) in [4.78, 5) is 41.0. The summed E-state index contributed by atoms with van der Waals surface area (Å²) in [5.41, 5.74) is -1.42. The average Bonchev–Trinajstić information content (AvgIpc) is 2.89. The Morgan fingerprint density at radius 2 is 1.68 bits per heavy atom. The third kappa shape index (κ3) is 7.37. The summed E-state index contributed by atoms with van der Waals surface area (Å²) in [5, 5.41) is 18.9. The van der Waals surface area contributed by atoms with Crippen LogP contribution in [0.3, 0.4) is 0 Å². The van der Waals surface area contributed by atoms with Crippen LogP contribution >= 0.6 is 0 Å². The van der Waals surface area contributed by atoms with E-state index in [1.54, 1.807) is 12.1 Å². The van der Waals surface area contributed by atoms with Gasteiger partial charge in [0.05, 0.1) is 12.2 Å². The van der Waals surface area contributed by atoms with Gasteiger partial charge in [-0.1, -0.05) is 6.07 Å². The van der Waals surface area contributed by atoms with Gasteiger partial charge < -0.3 is 25.0 Å².